The van der Waals surface area contributed by atoms with Crippen LogP contribution in [-0.4, -0.2) is 0 Å². The van der Waals surface area contributed by atoms with Crippen LogP contribution in [0.15, 0.2) is 72.8 Å². The number of rotatable bonds is 5. The Balaban J connectivity index is 2.69. The minimum atomic E-state index is 0.763. The van der Waals surface area contributed by atoms with Crippen molar-refractivity contribution in [3.8, 4) is 0 Å². The number of hydrogen-bond acceptors (Lipinski definition) is 1. The number of allylic oxidation sites excluding steroid dienone is 9. The predicted molar refractivity (Wildman–Crippen MR) is 74.4 cm³/mol. The molecule has 0 saturated heterocycles. The normalized spacial score (nSPS) is 23.4. The van der Waals surface area contributed by atoms with Crippen molar-refractivity contribution in [2.75, 3.05) is 0 Å². The quantitative estimate of drug-likeness (QED) is 0.484. The highest BCUT2D eigenvalue weighted by molar-refractivity contribution is 5.25. The van der Waals surface area contributed by atoms with E-state index in [1.54, 1.807) is 6.08 Å². The van der Waals surface area contributed by atoms with Gasteiger partial charge in [-0.15, -0.1) is 0 Å². The zero-order chi connectivity index (χ0) is 12.3. The van der Waals surface area contributed by atoms with Crippen LogP contribution >= 0.6 is 0 Å². The van der Waals surface area contributed by atoms with Gasteiger partial charge in [0.2, 0.25) is 0 Å². The van der Waals surface area contributed by atoms with E-state index in [0.717, 1.165) is 30.8 Å². The summed E-state index contributed by atoms with van der Waals surface area (Å²) in [7, 11) is 0. The SMILES string of the molecule is C=C/C(=C\C=C\CC)OC1=C/C=C\CC/C=C\1. The molecule has 0 N–H and O–H groups in total. The Bertz CT molecular complexity index is 378. The van der Waals surface area contributed by atoms with Crippen LogP contribution in [0.1, 0.15) is 26.2 Å². The highest BCUT2D eigenvalue weighted by atomic mass is 16.5. The summed E-state index contributed by atoms with van der Waals surface area (Å²) in [5.74, 6) is 1.61. The van der Waals surface area contributed by atoms with Gasteiger partial charge >= 0.3 is 0 Å². The molecule has 0 radical (unpaired) electrons. The van der Waals surface area contributed by atoms with E-state index in [-0.39, 0.29) is 0 Å². The molecule has 17 heavy (non-hydrogen) atoms. The Labute approximate surface area is 104 Å². The summed E-state index contributed by atoms with van der Waals surface area (Å²) >= 11 is 0. The van der Waals surface area contributed by atoms with Crippen molar-refractivity contribution in [3.05, 3.63) is 72.8 Å². The van der Waals surface area contributed by atoms with Gasteiger partial charge in [0.1, 0.15) is 11.5 Å². The second kappa shape index (κ2) is 8.40. The smallest absolute Gasteiger partial charge is 0.127 e. The molecule has 0 spiro atoms. The molecule has 0 fully saturated rings. The zero-order valence-electron chi connectivity index (χ0n) is 10.4. The van der Waals surface area contributed by atoms with Crippen molar-refractivity contribution in [2.45, 2.75) is 26.2 Å². The lowest BCUT2D eigenvalue weighted by Crippen LogP contribution is -1.89. The van der Waals surface area contributed by atoms with Gasteiger partial charge in [0.05, 0.1) is 0 Å². The van der Waals surface area contributed by atoms with Gasteiger partial charge in [-0.25, -0.2) is 0 Å². The first-order valence-electron chi connectivity index (χ1n) is 6.07. The van der Waals surface area contributed by atoms with Crippen molar-refractivity contribution in [1.29, 1.82) is 0 Å². The third-order valence-electron chi connectivity index (χ3n) is 2.25. The summed E-state index contributed by atoms with van der Waals surface area (Å²) in [6, 6.07) is 0. The summed E-state index contributed by atoms with van der Waals surface area (Å²) in [5.41, 5.74) is 0. The van der Waals surface area contributed by atoms with Crippen molar-refractivity contribution in [1.82, 2.24) is 0 Å². The molecular formula is C16H20O. The van der Waals surface area contributed by atoms with Crippen LogP contribution in [-0.2, 0) is 4.74 Å². The first-order valence-corrected chi connectivity index (χ1v) is 6.07. The van der Waals surface area contributed by atoms with E-state index in [0.29, 0.717) is 0 Å². The van der Waals surface area contributed by atoms with E-state index in [2.05, 4.69) is 31.7 Å². The molecule has 90 valence electrons. The maximum absolute atomic E-state index is 5.74. The molecule has 0 bridgehead atoms. The van der Waals surface area contributed by atoms with E-state index < -0.39 is 0 Å². The van der Waals surface area contributed by atoms with Gasteiger partial charge in [0, 0.05) is 0 Å². The van der Waals surface area contributed by atoms with E-state index >= 15 is 0 Å². The largest absolute Gasteiger partial charge is 0.457 e. The van der Waals surface area contributed by atoms with Gasteiger partial charge in [-0.1, -0.05) is 43.9 Å². The van der Waals surface area contributed by atoms with Gasteiger partial charge in [-0.3, -0.25) is 0 Å². The van der Waals surface area contributed by atoms with E-state index in [1.807, 2.05) is 30.4 Å². The van der Waals surface area contributed by atoms with Gasteiger partial charge in [-0.2, -0.15) is 0 Å². The molecule has 0 aromatic heterocycles. The standard InChI is InChI=1S/C16H20O/c1-3-5-9-12-15(4-2)17-16-13-10-7-6-8-11-14-16/h4-5,7,9-14H,2-3,6,8H2,1H3/b9-5+,10-7-,14-11-,15-12+,16-13+. The van der Waals surface area contributed by atoms with Crippen LogP contribution in [0.5, 0.6) is 0 Å². The van der Waals surface area contributed by atoms with E-state index in [1.165, 1.54) is 0 Å². The Hall–Kier alpha value is -1.76. The Morgan fingerprint density at radius 2 is 2.24 bits per heavy atom. The summed E-state index contributed by atoms with van der Waals surface area (Å²) in [6.45, 7) is 5.85. The van der Waals surface area contributed by atoms with Gasteiger partial charge in [0.15, 0.2) is 0 Å². The molecule has 1 rings (SSSR count). The fourth-order valence-electron chi connectivity index (χ4n) is 1.35. The summed E-state index contributed by atoms with van der Waals surface area (Å²) in [4.78, 5) is 0. The lowest BCUT2D eigenvalue weighted by atomic mass is 10.2. The zero-order valence-corrected chi connectivity index (χ0v) is 10.4. The average molecular weight is 228 g/mol. The molecule has 1 heteroatoms. The molecule has 1 nitrogen and oxygen atoms in total. The van der Waals surface area contributed by atoms with Crippen molar-refractivity contribution in [2.24, 2.45) is 0 Å². The third-order valence-corrected chi connectivity index (χ3v) is 2.25. The fraction of sp³-hybridized carbons (Fsp3) is 0.250. The van der Waals surface area contributed by atoms with E-state index in [4.69, 9.17) is 4.74 Å². The summed E-state index contributed by atoms with van der Waals surface area (Å²) in [6.07, 6.45) is 21.1. The Kier molecular flexibility index (Phi) is 6.57. The first kappa shape index (κ1) is 13.3. The van der Waals surface area contributed by atoms with Crippen LogP contribution in [0.3, 0.4) is 0 Å². The Morgan fingerprint density at radius 3 is 3.00 bits per heavy atom. The molecule has 0 unspecified atom stereocenters. The third kappa shape index (κ3) is 5.76. The monoisotopic (exact) mass is 228 g/mol. The highest BCUT2D eigenvalue weighted by Crippen LogP contribution is 2.12. The van der Waals surface area contributed by atoms with Crippen molar-refractivity contribution >= 4 is 0 Å². The molecule has 0 aliphatic heterocycles. The first-order chi connectivity index (χ1) is 8.36. The Morgan fingerprint density at radius 1 is 1.41 bits per heavy atom. The molecule has 0 aromatic rings. The van der Waals surface area contributed by atoms with Crippen LogP contribution in [0.2, 0.25) is 0 Å². The van der Waals surface area contributed by atoms with Crippen LogP contribution < -0.4 is 0 Å². The van der Waals surface area contributed by atoms with Crippen molar-refractivity contribution in [3.63, 3.8) is 0 Å². The highest BCUT2D eigenvalue weighted by Gasteiger charge is 1.96. The minimum Gasteiger partial charge on any atom is -0.457 e. The molecule has 1 aliphatic rings. The number of hydrogen-bond donors (Lipinski definition) is 0. The van der Waals surface area contributed by atoms with E-state index in [9.17, 15) is 0 Å². The molecular weight excluding hydrogens is 208 g/mol. The van der Waals surface area contributed by atoms with Gasteiger partial charge < -0.3 is 4.74 Å². The molecule has 1 aliphatic carbocycles. The molecule has 0 heterocycles. The van der Waals surface area contributed by atoms with Crippen LogP contribution in [0, 0.1) is 0 Å². The van der Waals surface area contributed by atoms with Crippen molar-refractivity contribution < 1.29 is 4.74 Å². The lowest BCUT2D eigenvalue weighted by molar-refractivity contribution is 0.336. The lowest BCUT2D eigenvalue weighted by Gasteiger charge is -2.07. The topological polar surface area (TPSA) is 9.23 Å². The summed E-state index contributed by atoms with van der Waals surface area (Å²) in [5, 5.41) is 0. The molecule has 0 aromatic carbocycles. The predicted octanol–water partition coefficient (Wildman–Crippen LogP) is 4.83. The average Bonchev–Trinajstić information content (AvgIpc) is 2.30. The maximum Gasteiger partial charge on any atom is 0.127 e. The second-order valence-electron chi connectivity index (χ2n) is 3.69. The van der Waals surface area contributed by atoms with Gasteiger partial charge in [0.25, 0.3) is 0 Å². The van der Waals surface area contributed by atoms with Crippen LogP contribution in [0.25, 0.3) is 0 Å². The summed E-state index contributed by atoms with van der Waals surface area (Å²) < 4.78 is 5.74. The van der Waals surface area contributed by atoms with Gasteiger partial charge in [-0.05, 0) is 43.6 Å². The molecule has 0 atom stereocenters. The minimum absolute atomic E-state index is 0.763. The molecule has 0 saturated carbocycles. The van der Waals surface area contributed by atoms with Crippen LogP contribution in [0.4, 0.5) is 0 Å². The molecule has 0 amide bonds. The maximum atomic E-state index is 5.74. The fourth-order valence-corrected chi connectivity index (χ4v) is 1.35. The number of ether oxygens (including phenoxy) is 1. The second-order valence-corrected chi connectivity index (χ2v) is 3.69.